The van der Waals surface area contributed by atoms with E-state index in [1.807, 2.05) is 54.8 Å². The minimum absolute atomic E-state index is 0.248. The molecular weight excluding hydrogens is 425 g/mol. The van der Waals surface area contributed by atoms with Gasteiger partial charge in [0.25, 0.3) is 0 Å². The maximum atomic E-state index is 11.9. The van der Waals surface area contributed by atoms with Crippen LogP contribution in [0.4, 0.5) is 0 Å². The number of carboxylic acids is 1. The third-order valence-electron chi connectivity index (χ3n) is 4.64. The molecule has 0 radical (unpaired) electrons. The van der Waals surface area contributed by atoms with Crippen molar-refractivity contribution in [2.75, 3.05) is 0 Å². The summed E-state index contributed by atoms with van der Waals surface area (Å²) in [7, 11) is 0. The average Bonchev–Trinajstić information content (AvgIpc) is 3.18. The van der Waals surface area contributed by atoms with Crippen molar-refractivity contribution in [1.29, 1.82) is 0 Å². The van der Waals surface area contributed by atoms with Crippen LogP contribution >= 0.6 is 34.5 Å². The Morgan fingerprint density at radius 3 is 2.45 bits per heavy atom. The minimum atomic E-state index is -0.970. The Kier molecular flexibility index (Phi) is 5.41. The molecular formula is C23H15Cl2NO2S. The third kappa shape index (κ3) is 3.92. The first-order valence-corrected chi connectivity index (χ1v) is 10.4. The van der Waals surface area contributed by atoms with Crippen molar-refractivity contribution in [3.8, 4) is 33.0 Å². The van der Waals surface area contributed by atoms with Crippen molar-refractivity contribution in [2.45, 2.75) is 6.92 Å². The van der Waals surface area contributed by atoms with Crippen LogP contribution < -0.4 is 0 Å². The second kappa shape index (κ2) is 7.99. The zero-order valence-electron chi connectivity index (χ0n) is 15.3. The summed E-state index contributed by atoms with van der Waals surface area (Å²) in [6, 6.07) is 18.4. The molecule has 6 heteroatoms. The number of halogens is 2. The molecule has 0 atom stereocenters. The molecule has 0 fully saturated rings. The van der Waals surface area contributed by atoms with Gasteiger partial charge in [-0.3, -0.25) is 0 Å². The molecule has 1 heterocycles. The quantitative estimate of drug-likeness (QED) is 0.358. The fourth-order valence-electron chi connectivity index (χ4n) is 3.19. The highest BCUT2D eigenvalue weighted by atomic mass is 35.5. The van der Waals surface area contributed by atoms with E-state index < -0.39 is 5.97 Å². The number of aromatic nitrogens is 1. The van der Waals surface area contributed by atoms with Crippen LogP contribution in [0.15, 0.2) is 66.0 Å². The lowest BCUT2D eigenvalue weighted by Crippen LogP contribution is -2.01. The highest BCUT2D eigenvalue weighted by Crippen LogP contribution is 2.36. The first-order valence-electron chi connectivity index (χ1n) is 8.78. The molecule has 4 aromatic rings. The lowest BCUT2D eigenvalue weighted by molar-refractivity contribution is 0.0698. The van der Waals surface area contributed by atoms with Crippen LogP contribution in [0.25, 0.3) is 33.0 Å². The van der Waals surface area contributed by atoms with Crippen LogP contribution in [-0.2, 0) is 0 Å². The highest BCUT2D eigenvalue weighted by Gasteiger charge is 2.17. The topological polar surface area (TPSA) is 50.2 Å². The van der Waals surface area contributed by atoms with E-state index >= 15 is 0 Å². The van der Waals surface area contributed by atoms with Gasteiger partial charge in [0.1, 0.15) is 5.01 Å². The number of thiazole rings is 1. The Morgan fingerprint density at radius 1 is 0.966 bits per heavy atom. The van der Waals surface area contributed by atoms with Crippen LogP contribution in [-0.4, -0.2) is 16.1 Å². The average molecular weight is 440 g/mol. The van der Waals surface area contributed by atoms with Gasteiger partial charge >= 0.3 is 5.97 Å². The molecule has 144 valence electrons. The number of aryl methyl sites for hydroxylation is 1. The molecule has 0 aliphatic heterocycles. The Morgan fingerprint density at radius 2 is 1.72 bits per heavy atom. The zero-order valence-corrected chi connectivity index (χ0v) is 17.6. The van der Waals surface area contributed by atoms with E-state index in [9.17, 15) is 9.90 Å². The summed E-state index contributed by atoms with van der Waals surface area (Å²) in [5.41, 5.74) is 5.14. The Hall–Kier alpha value is -2.66. The monoisotopic (exact) mass is 439 g/mol. The summed E-state index contributed by atoms with van der Waals surface area (Å²) in [4.78, 5) is 16.6. The van der Waals surface area contributed by atoms with Gasteiger partial charge in [-0.25, -0.2) is 9.78 Å². The van der Waals surface area contributed by atoms with Crippen LogP contribution in [0.5, 0.6) is 0 Å². The predicted octanol–water partition coefficient (Wildman–Crippen LogP) is 7.46. The molecule has 1 aromatic heterocycles. The molecule has 3 nitrogen and oxygen atoms in total. The van der Waals surface area contributed by atoms with Crippen molar-refractivity contribution in [3.05, 3.63) is 87.2 Å². The number of aromatic carboxylic acids is 1. The van der Waals surface area contributed by atoms with E-state index in [0.717, 1.165) is 33.0 Å². The summed E-state index contributed by atoms with van der Waals surface area (Å²) in [6.07, 6.45) is 0. The SMILES string of the molecule is Cc1ccccc1-c1ccc(-c2nc(-c3ccc(Cl)cc3Cl)cs2)cc1C(=O)O. The molecule has 0 saturated heterocycles. The molecule has 4 rings (SSSR count). The van der Waals surface area contributed by atoms with Crippen molar-refractivity contribution in [2.24, 2.45) is 0 Å². The Labute approximate surface area is 182 Å². The van der Waals surface area contributed by atoms with E-state index in [1.165, 1.54) is 11.3 Å². The van der Waals surface area contributed by atoms with Gasteiger partial charge in [-0.1, -0.05) is 59.6 Å². The van der Waals surface area contributed by atoms with Gasteiger partial charge in [0.2, 0.25) is 0 Å². The molecule has 1 N–H and O–H groups in total. The van der Waals surface area contributed by atoms with Gasteiger partial charge < -0.3 is 5.11 Å². The van der Waals surface area contributed by atoms with E-state index in [1.54, 1.807) is 18.2 Å². The lowest BCUT2D eigenvalue weighted by atomic mass is 9.94. The second-order valence-corrected chi connectivity index (χ2v) is 8.24. The number of rotatable bonds is 4. The number of nitrogens with zero attached hydrogens (tertiary/aromatic N) is 1. The van der Waals surface area contributed by atoms with Crippen LogP contribution in [0.3, 0.4) is 0 Å². The van der Waals surface area contributed by atoms with Crippen LogP contribution in [0, 0.1) is 6.92 Å². The van der Waals surface area contributed by atoms with Crippen molar-refractivity contribution >= 4 is 40.5 Å². The number of hydrogen-bond acceptors (Lipinski definition) is 3. The van der Waals surface area contributed by atoms with Crippen molar-refractivity contribution in [3.63, 3.8) is 0 Å². The Bertz CT molecular complexity index is 1230. The fraction of sp³-hybridized carbons (Fsp3) is 0.0435. The summed E-state index contributed by atoms with van der Waals surface area (Å²) in [5, 5.41) is 13.5. The van der Waals surface area contributed by atoms with E-state index in [-0.39, 0.29) is 5.56 Å². The maximum absolute atomic E-state index is 11.9. The van der Waals surface area contributed by atoms with Crippen LogP contribution in [0.2, 0.25) is 10.0 Å². The van der Waals surface area contributed by atoms with Gasteiger partial charge in [-0.2, -0.15) is 0 Å². The number of carboxylic acid groups (broad SMARTS) is 1. The molecule has 29 heavy (non-hydrogen) atoms. The largest absolute Gasteiger partial charge is 0.478 e. The van der Waals surface area contributed by atoms with E-state index in [2.05, 4.69) is 4.98 Å². The summed E-state index contributed by atoms with van der Waals surface area (Å²) in [5.74, 6) is -0.970. The standard InChI is InChI=1S/C23H15Cl2NO2S/c1-13-4-2-3-5-16(13)17-8-6-14(10-19(17)23(27)28)22-26-21(12-29-22)18-9-7-15(24)11-20(18)25/h2-12H,1H3,(H,27,28). The number of carbonyl (C=O) groups is 1. The molecule has 0 amide bonds. The zero-order chi connectivity index (χ0) is 20.5. The maximum Gasteiger partial charge on any atom is 0.336 e. The lowest BCUT2D eigenvalue weighted by Gasteiger charge is -2.10. The highest BCUT2D eigenvalue weighted by molar-refractivity contribution is 7.13. The third-order valence-corrected chi connectivity index (χ3v) is 6.08. The van der Waals surface area contributed by atoms with E-state index in [0.29, 0.717) is 15.6 Å². The van der Waals surface area contributed by atoms with Gasteiger partial charge in [0.15, 0.2) is 0 Å². The summed E-state index contributed by atoms with van der Waals surface area (Å²) in [6.45, 7) is 1.97. The van der Waals surface area contributed by atoms with Gasteiger partial charge in [-0.15, -0.1) is 11.3 Å². The smallest absolute Gasteiger partial charge is 0.336 e. The van der Waals surface area contributed by atoms with E-state index in [4.69, 9.17) is 23.2 Å². The second-order valence-electron chi connectivity index (χ2n) is 6.54. The summed E-state index contributed by atoms with van der Waals surface area (Å²) >= 11 is 13.7. The number of hydrogen-bond donors (Lipinski definition) is 1. The minimum Gasteiger partial charge on any atom is -0.478 e. The molecule has 0 spiro atoms. The van der Waals surface area contributed by atoms with Gasteiger partial charge in [0.05, 0.1) is 16.3 Å². The van der Waals surface area contributed by atoms with Crippen LogP contribution in [0.1, 0.15) is 15.9 Å². The summed E-state index contributed by atoms with van der Waals surface area (Å²) < 4.78 is 0. The molecule has 0 bridgehead atoms. The first-order chi connectivity index (χ1) is 13.9. The molecule has 0 aliphatic rings. The fourth-order valence-corrected chi connectivity index (χ4v) is 4.51. The number of benzene rings is 3. The molecule has 3 aromatic carbocycles. The molecule has 0 unspecified atom stereocenters. The van der Waals surface area contributed by atoms with Gasteiger partial charge in [0, 0.05) is 21.5 Å². The van der Waals surface area contributed by atoms with Gasteiger partial charge in [-0.05, 0) is 47.9 Å². The molecule has 0 saturated carbocycles. The Balaban J connectivity index is 1.77. The van der Waals surface area contributed by atoms with Crippen molar-refractivity contribution in [1.82, 2.24) is 4.98 Å². The molecule has 0 aliphatic carbocycles. The van der Waals surface area contributed by atoms with Crippen molar-refractivity contribution < 1.29 is 9.90 Å². The predicted molar refractivity (Wildman–Crippen MR) is 120 cm³/mol. The normalized spacial score (nSPS) is 10.9. The first kappa shape index (κ1) is 19.6.